The lowest BCUT2D eigenvalue weighted by atomic mass is 10.2. The van der Waals surface area contributed by atoms with Crippen molar-refractivity contribution in [1.82, 2.24) is 28.7 Å². The van der Waals surface area contributed by atoms with E-state index in [0.29, 0.717) is 11.7 Å². The maximum Gasteiger partial charge on any atom is 0.250 e. The van der Waals surface area contributed by atoms with Gasteiger partial charge < -0.3 is 23.8 Å². The Labute approximate surface area is 189 Å². The number of pyridine rings is 2. The van der Waals surface area contributed by atoms with Gasteiger partial charge in [-0.05, 0) is 37.3 Å². The number of rotatable bonds is 5. The Bertz CT molecular complexity index is 1540. The van der Waals surface area contributed by atoms with E-state index in [1.165, 1.54) is 0 Å². The van der Waals surface area contributed by atoms with Gasteiger partial charge in [-0.25, -0.2) is 9.97 Å². The summed E-state index contributed by atoms with van der Waals surface area (Å²) in [7, 11) is 5.29. The molecule has 0 fully saturated rings. The van der Waals surface area contributed by atoms with Crippen molar-refractivity contribution in [2.45, 2.75) is 6.92 Å². The fourth-order valence-corrected chi connectivity index (χ4v) is 3.84. The van der Waals surface area contributed by atoms with Crippen LogP contribution in [0.15, 0.2) is 66.0 Å². The quantitative estimate of drug-likeness (QED) is 0.448. The normalized spacial score (nSPS) is 11.2. The van der Waals surface area contributed by atoms with Gasteiger partial charge in [-0.2, -0.15) is 4.98 Å². The van der Waals surface area contributed by atoms with E-state index in [4.69, 9.17) is 9.72 Å². The van der Waals surface area contributed by atoms with Crippen LogP contribution in [0.3, 0.4) is 0 Å². The van der Waals surface area contributed by atoms with Crippen LogP contribution in [0, 0.1) is 6.92 Å². The van der Waals surface area contributed by atoms with E-state index in [2.05, 4.69) is 15.3 Å². The van der Waals surface area contributed by atoms with Gasteiger partial charge in [-0.3, -0.25) is 4.79 Å². The number of anilines is 2. The summed E-state index contributed by atoms with van der Waals surface area (Å²) in [6.45, 7) is 1.93. The van der Waals surface area contributed by atoms with Crippen molar-refractivity contribution >= 4 is 22.5 Å². The molecular formula is C24H23N7O2. The molecule has 1 aromatic carbocycles. The van der Waals surface area contributed by atoms with Crippen molar-refractivity contribution in [2.75, 3.05) is 12.4 Å². The zero-order valence-corrected chi connectivity index (χ0v) is 18.8. The molecule has 1 N–H and O–H groups in total. The van der Waals surface area contributed by atoms with Crippen LogP contribution in [0.25, 0.3) is 28.1 Å². The molecule has 33 heavy (non-hydrogen) atoms. The van der Waals surface area contributed by atoms with Crippen molar-refractivity contribution in [1.29, 1.82) is 0 Å². The molecule has 9 nitrogen and oxygen atoms in total. The van der Waals surface area contributed by atoms with E-state index < -0.39 is 0 Å². The zero-order valence-electron chi connectivity index (χ0n) is 18.8. The summed E-state index contributed by atoms with van der Waals surface area (Å²) in [4.78, 5) is 25.6. The molecule has 4 heterocycles. The van der Waals surface area contributed by atoms with Gasteiger partial charge in [0, 0.05) is 38.1 Å². The van der Waals surface area contributed by atoms with Crippen molar-refractivity contribution < 1.29 is 4.74 Å². The number of imidazole rings is 2. The highest BCUT2D eigenvalue weighted by Crippen LogP contribution is 2.31. The SMILES string of the molecule is COc1nc(Nc2cccc3c2nc(-c2ccc(=O)n(C)c2)n3C)ccc1-n1cnc(C)c1. The fourth-order valence-electron chi connectivity index (χ4n) is 3.84. The first-order valence-electron chi connectivity index (χ1n) is 10.4. The summed E-state index contributed by atoms with van der Waals surface area (Å²) < 4.78 is 11.0. The summed E-state index contributed by atoms with van der Waals surface area (Å²) in [5.74, 6) is 1.89. The minimum atomic E-state index is -0.0609. The van der Waals surface area contributed by atoms with Gasteiger partial charge in [0.25, 0.3) is 0 Å². The molecule has 0 unspecified atom stereocenters. The number of ether oxygens (including phenoxy) is 1. The van der Waals surface area contributed by atoms with E-state index in [9.17, 15) is 4.79 Å². The molecule has 4 aromatic heterocycles. The molecule has 0 aliphatic rings. The highest BCUT2D eigenvalue weighted by Gasteiger charge is 2.15. The van der Waals surface area contributed by atoms with Crippen molar-refractivity contribution in [3.05, 3.63) is 77.2 Å². The number of fused-ring (bicyclic) bond motifs is 1. The van der Waals surface area contributed by atoms with Gasteiger partial charge in [-0.15, -0.1) is 0 Å². The van der Waals surface area contributed by atoms with Gasteiger partial charge in [0.05, 0.1) is 30.3 Å². The number of aryl methyl sites for hydroxylation is 3. The maximum absolute atomic E-state index is 11.8. The van der Waals surface area contributed by atoms with Crippen molar-refractivity contribution in [3.8, 4) is 23.0 Å². The second-order valence-corrected chi connectivity index (χ2v) is 7.81. The topological polar surface area (TPSA) is 91.8 Å². The van der Waals surface area contributed by atoms with Crippen LogP contribution >= 0.6 is 0 Å². The standard InChI is InChI=1S/C24H23N7O2/c1-15-12-31(14-25-15)19-9-10-20(27-24(19)33-4)26-17-6-5-7-18-22(17)28-23(30(18)3)16-8-11-21(32)29(2)13-16/h5-14H,1-4H3,(H,26,27). The summed E-state index contributed by atoms with van der Waals surface area (Å²) in [5, 5.41) is 3.37. The average Bonchev–Trinajstić information content (AvgIpc) is 3.39. The Morgan fingerprint density at radius 3 is 2.58 bits per heavy atom. The van der Waals surface area contributed by atoms with Crippen LogP contribution in [0.5, 0.6) is 5.88 Å². The molecule has 0 spiro atoms. The van der Waals surface area contributed by atoms with E-state index in [0.717, 1.165) is 39.5 Å². The number of methoxy groups -OCH3 is 1. The minimum Gasteiger partial charge on any atom is -0.479 e. The Kier molecular flexibility index (Phi) is 4.93. The molecule has 0 amide bonds. The smallest absolute Gasteiger partial charge is 0.250 e. The number of hydrogen-bond acceptors (Lipinski definition) is 6. The second-order valence-electron chi connectivity index (χ2n) is 7.81. The van der Waals surface area contributed by atoms with Gasteiger partial charge in [0.1, 0.15) is 22.8 Å². The summed E-state index contributed by atoms with van der Waals surface area (Å²) in [6.07, 6.45) is 5.44. The van der Waals surface area contributed by atoms with Crippen molar-refractivity contribution in [3.63, 3.8) is 0 Å². The maximum atomic E-state index is 11.8. The van der Waals surface area contributed by atoms with Crippen LogP contribution in [-0.2, 0) is 14.1 Å². The number of para-hydroxylation sites is 1. The molecule has 0 aliphatic heterocycles. The molecule has 5 aromatic rings. The largest absolute Gasteiger partial charge is 0.479 e. The molecule has 5 rings (SSSR count). The van der Waals surface area contributed by atoms with Crippen LogP contribution in [-0.4, -0.2) is 35.8 Å². The summed E-state index contributed by atoms with van der Waals surface area (Å²) >= 11 is 0. The lowest BCUT2D eigenvalue weighted by Crippen LogP contribution is -2.14. The van der Waals surface area contributed by atoms with E-state index in [1.54, 1.807) is 43.4 Å². The van der Waals surface area contributed by atoms with E-state index in [1.807, 2.05) is 59.6 Å². The first kappa shape index (κ1) is 20.5. The summed E-state index contributed by atoms with van der Waals surface area (Å²) in [6, 6.07) is 13.1. The first-order valence-corrected chi connectivity index (χ1v) is 10.4. The lowest BCUT2D eigenvalue weighted by Gasteiger charge is -2.11. The van der Waals surface area contributed by atoms with Gasteiger partial charge in [0.15, 0.2) is 0 Å². The second kappa shape index (κ2) is 7.94. The lowest BCUT2D eigenvalue weighted by molar-refractivity contribution is 0.396. The fraction of sp³-hybridized carbons (Fsp3) is 0.167. The third-order valence-corrected chi connectivity index (χ3v) is 5.54. The molecule has 0 radical (unpaired) electrons. The average molecular weight is 441 g/mol. The van der Waals surface area contributed by atoms with Gasteiger partial charge >= 0.3 is 0 Å². The predicted octanol–water partition coefficient (Wildman–Crippen LogP) is 3.58. The molecule has 9 heteroatoms. The Morgan fingerprint density at radius 1 is 1.00 bits per heavy atom. The number of nitrogens with zero attached hydrogens (tertiary/aromatic N) is 6. The van der Waals surface area contributed by atoms with E-state index in [-0.39, 0.29) is 5.56 Å². The molecule has 0 saturated carbocycles. The van der Waals surface area contributed by atoms with Gasteiger partial charge in [0.2, 0.25) is 11.4 Å². The molecule has 0 atom stereocenters. The highest BCUT2D eigenvalue weighted by molar-refractivity contribution is 5.92. The molecule has 0 aliphatic carbocycles. The monoisotopic (exact) mass is 441 g/mol. The first-order chi connectivity index (χ1) is 15.9. The van der Waals surface area contributed by atoms with Crippen LogP contribution < -0.4 is 15.6 Å². The Hall–Kier alpha value is -4.40. The van der Waals surface area contributed by atoms with E-state index >= 15 is 0 Å². The number of nitrogens with one attached hydrogen (secondary N) is 1. The Balaban J connectivity index is 1.54. The molecule has 0 bridgehead atoms. The van der Waals surface area contributed by atoms with Gasteiger partial charge in [-0.1, -0.05) is 6.07 Å². The zero-order chi connectivity index (χ0) is 23.1. The minimum absolute atomic E-state index is 0.0609. The van der Waals surface area contributed by atoms with Crippen LogP contribution in [0.1, 0.15) is 5.69 Å². The van der Waals surface area contributed by atoms with Crippen LogP contribution in [0.2, 0.25) is 0 Å². The molecule has 166 valence electrons. The number of hydrogen-bond donors (Lipinski definition) is 1. The number of aromatic nitrogens is 6. The van der Waals surface area contributed by atoms with Crippen molar-refractivity contribution in [2.24, 2.45) is 14.1 Å². The predicted molar refractivity (Wildman–Crippen MR) is 127 cm³/mol. The van der Waals surface area contributed by atoms with Crippen LogP contribution in [0.4, 0.5) is 11.5 Å². The third kappa shape index (κ3) is 3.63. The third-order valence-electron chi connectivity index (χ3n) is 5.54. The number of benzene rings is 1. The summed E-state index contributed by atoms with van der Waals surface area (Å²) in [5.41, 5.74) is 5.10. The molecule has 0 saturated heterocycles. The highest BCUT2D eigenvalue weighted by atomic mass is 16.5. The Morgan fingerprint density at radius 2 is 1.85 bits per heavy atom. The molecular weight excluding hydrogens is 418 g/mol.